The minimum Gasteiger partial charge on any atom is -0.309 e. The highest BCUT2D eigenvalue weighted by molar-refractivity contribution is 7.92. The summed E-state index contributed by atoms with van der Waals surface area (Å²) in [5.74, 6) is 0.685. The highest BCUT2D eigenvalue weighted by Gasteiger charge is 2.32. The summed E-state index contributed by atoms with van der Waals surface area (Å²) < 4.78 is 25.4. The van der Waals surface area contributed by atoms with E-state index in [0.29, 0.717) is 12.3 Å². The van der Waals surface area contributed by atoms with Crippen molar-refractivity contribution in [1.82, 2.24) is 5.32 Å². The molecule has 0 saturated carbocycles. The van der Waals surface area contributed by atoms with Crippen LogP contribution >= 0.6 is 0 Å². The lowest BCUT2D eigenvalue weighted by Gasteiger charge is -2.27. The fraction of sp³-hybridized carbons (Fsp3) is 0.647. The summed E-state index contributed by atoms with van der Waals surface area (Å²) in [6, 6.07) is 9.78. The van der Waals surface area contributed by atoms with Crippen molar-refractivity contribution in [2.75, 3.05) is 12.3 Å². The van der Waals surface area contributed by atoms with Crippen molar-refractivity contribution >= 4 is 9.84 Å². The van der Waals surface area contributed by atoms with E-state index in [1.165, 1.54) is 0 Å². The van der Waals surface area contributed by atoms with Gasteiger partial charge in [-0.1, -0.05) is 58.0 Å². The second kappa shape index (κ2) is 8.54. The van der Waals surface area contributed by atoms with E-state index in [0.717, 1.165) is 18.5 Å². The molecule has 1 N–H and O–H groups in total. The molecular weight excluding hydrogens is 282 g/mol. The van der Waals surface area contributed by atoms with Crippen LogP contribution in [0.25, 0.3) is 0 Å². The zero-order valence-electron chi connectivity index (χ0n) is 13.7. The third kappa shape index (κ3) is 5.44. The summed E-state index contributed by atoms with van der Waals surface area (Å²) in [5.41, 5.74) is 1.05. The molecule has 0 bridgehead atoms. The Morgan fingerprint density at radius 3 is 2.19 bits per heavy atom. The molecule has 0 heterocycles. The molecule has 0 aliphatic heterocycles. The summed E-state index contributed by atoms with van der Waals surface area (Å²) in [6.45, 7) is 8.87. The van der Waals surface area contributed by atoms with Crippen molar-refractivity contribution in [3.05, 3.63) is 35.9 Å². The Hall–Kier alpha value is -0.870. The number of nitrogens with one attached hydrogen (secondary N) is 1. The average Bonchev–Trinajstić information content (AvgIpc) is 2.46. The molecule has 3 nitrogen and oxygen atoms in total. The molecule has 0 fully saturated rings. The third-order valence-electron chi connectivity index (χ3n) is 3.80. The van der Waals surface area contributed by atoms with Gasteiger partial charge < -0.3 is 5.32 Å². The van der Waals surface area contributed by atoms with Crippen molar-refractivity contribution in [1.29, 1.82) is 0 Å². The maximum Gasteiger partial charge on any atom is 0.155 e. The Labute approximate surface area is 130 Å². The van der Waals surface area contributed by atoms with Crippen LogP contribution in [0.4, 0.5) is 0 Å². The number of sulfone groups is 1. The van der Waals surface area contributed by atoms with Crippen molar-refractivity contribution in [3.63, 3.8) is 0 Å². The molecule has 1 aromatic rings. The van der Waals surface area contributed by atoms with Gasteiger partial charge in [-0.25, -0.2) is 8.42 Å². The molecule has 120 valence electrons. The van der Waals surface area contributed by atoms with E-state index < -0.39 is 9.84 Å². The Morgan fingerprint density at radius 2 is 1.71 bits per heavy atom. The summed E-state index contributed by atoms with van der Waals surface area (Å²) >= 11 is 0. The zero-order chi connectivity index (χ0) is 15.9. The molecule has 0 radical (unpaired) electrons. The van der Waals surface area contributed by atoms with Crippen molar-refractivity contribution in [2.24, 2.45) is 5.92 Å². The van der Waals surface area contributed by atoms with Gasteiger partial charge in [-0.15, -0.1) is 0 Å². The third-order valence-corrected chi connectivity index (χ3v) is 6.13. The Bertz CT molecular complexity index is 497. The van der Waals surface area contributed by atoms with Crippen LogP contribution in [0.1, 0.15) is 52.1 Å². The number of hydrogen-bond acceptors (Lipinski definition) is 3. The molecule has 0 aliphatic rings. The van der Waals surface area contributed by atoms with Gasteiger partial charge in [0, 0.05) is 6.04 Å². The van der Waals surface area contributed by atoms with Gasteiger partial charge in [0.25, 0.3) is 0 Å². The van der Waals surface area contributed by atoms with Gasteiger partial charge in [0.1, 0.15) is 0 Å². The van der Waals surface area contributed by atoms with E-state index in [1.807, 2.05) is 44.2 Å². The van der Waals surface area contributed by atoms with E-state index >= 15 is 0 Å². The van der Waals surface area contributed by atoms with E-state index in [9.17, 15) is 8.42 Å². The van der Waals surface area contributed by atoms with Crippen LogP contribution in [0.2, 0.25) is 0 Å². The van der Waals surface area contributed by atoms with E-state index in [2.05, 4.69) is 19.2 Å². The minimum atomic E-state index is -3.10. The number of hydrogen-bond donors (Lipinski definition) is 1. The molecule has 1 rings (SSSR count). The Morgan fingerprint density at radius 1 is 1.10 bits per heavy atom. The first-order valence-corrected chi connectivity index (χ1v) is 9.63. The lowest BCUT2D eigenvalue weighted by atomic mass is 10.0. The van der Waals surface area contributed by atoms with E-state index in [1.54, 1.807) is 0 Å². The van der Waals surface area contributed by atoms with Gasteiger partial charge >= 0.3 is 0 Å². The van der Waals surface area contributed by atoms with Crippen LogP contribution in [-0.2, 0) is 9.84 Å². The van der Waals surface area contributed by atoms with Gasteiger partial charge in [0.05, 0.1) is 11.0 Å². The Kier molecular flexibility index (Phi) is 7.40. The molecule has 0 aromatic heterocycles. The molecule has 4 heteroatoms. The van der Waals surface area contributed by atoms with E-state index in [4.69, 9.17) is 0 Å². The highest BCUT2D eigenvalue weighted by atomic mass is 32.2. The topological polar surface area (TPSA) is 46.2 Å². The lowest BCUT2D eigenvalue weighted by molar-refractivity contribution is 0.483. The molecule has 2 atom stereocenters. The number of benzene rings is 1. The highest BCUT2D eigenvalue weighted by Crippen LogP contribution is 2.26. The van der Waals surface area contributed by atoms with Crippen molar-refractivity contribution < 1.29 is 8.42 Å². The first kappa shape index (κ1) is 18.2. The monoisotopic (exact) mass is 311 g/mol. The fourth-order valence-electron chi connectivity index (χ4n) is 2.59. The largest absolute Gasteiger partial charge is 0.309 e. The van der Waals surface area contributed by atoms with Crippen LogP contribution in [0.15, 0.2) is 30.3 Å². The molecule has 0 spiro atoms. The maximum atomic E-state index is 12.7. The standard InChI is InChI=1S/C17H29NO2S/c1-5-16(21(19,20)13-12-14(3)4)17(18-6-2)15-10-8-7-9-11-15/h7-11,14,16-18H,5-6,12-13H2,1-4H3. The lowest BCUT2D eigenvalue weighted by Crippen LogP contribution is -2.38. The van der Waals surface area contributed by atoms with Gasteiger partial charge in [0.15, 0.2) is 9.84 Å². The second-order valence-corrected chi connectivity index (χ2v) is 8.28. The van der Waals surface area contributed by atoms with Gasteiger partial charge in [-0.3, -0.25) is 0 Å². The minimum absolute atomic E-state index is 0.127. The SMILES string of the molecule is CCNC(c1ccccc1)C(CC)S(=O)(=O)CCC(C)C. The van der Waals surface area contributed by atoms with Crippen molar-refractivity contribution in [2.45, 2.75) is 51.8 Å². The van der Waals surface area contributed by atoms with Gasteiger partial charge in [-0.2, -0.15) is 0 Å². The normalized spacial score (nSPS) is 15.1. The van der Waals surface area contributed by atoms with Crippen molar-refractivity contribution in [3.8, 4) is 0 Å². The second-order valence-electron chi connectivity index (χ2n) is 5.94. The van der Waals surface area contributed by atoms with Crippen LogP contribution in [0, 0.1) is 5.92 Å². The van der Waals surface area contributed by atoms with Crippen LogP contribution in [-0.4, -0.2) is 26.0 Å². The van der Waals surface area contributed by atoms with Crippen LogP contribution in [0.3, 0.4) is 0 Å². The summed E-state index contributed by atoms with van der Waals surface area (Å²) in [5, 5.41) is 3.00. The predicted octanol–water partition coefficient (Wildman–Crippen LogP) is 3.58. The smallest absolute Gasteiger partial charge is 0.155 e. The molecular formula is C17H29NO2S. The quantitative estimate of drug-likeness (QED) is 0.758. The summed E-state index contributed by atoms with van der Waals surface area (Å²) in [6.07, 6.45) is 1.36. The number of rotatable bonds is 9. The molecule has 21 heavy (non-hydrogen) atoms. The van der Waals surface area contributed by atoms with Crippen LogP contribution < -0.4 is 5.32 Å². The molecule has 2 unspecified atom stereocenters. The molecule has 0 saturated heterocycles. The van der Waals surface area contributed by atoms with E-state index in [-0.39, 0.29) is 17.0 Å². The first-order chi connectivity index (χ1) is 9.92. The van der Waals surface area contributed by atoms with Gasteiger partial charge in [-0.05, 0) is 30.9 Å². The summed E-state index contributed by atoms with van der Waals surface area (Å²) in [7, 11) is -3.10. The summed E-state index contributed by atoms with van der Waals surface area (Å²) in [4.78, 5) is 0. The molecule has 1 aromatic carbocycles. The maximum absolute atomic E-state index is 12.7. The van der Waals surface area contributed by atoms with Crippen LogP contribution in [0.5, 0.6) is 0 Å². The predicted molar refractivity (Wildman–Crippen MR) is 90.2 cm³/mol. The zero-order valence-corrected chi connectivity index (χ0v) is 14.5. The first-order valence-electron chi connectivity index (χ1n) is 7.92. The molecule has 0 amide bonds. The fourth-order valence-corrected chi connectivity index (χ4v) is 4.87. The molecule has 0 aliphatic carbocycles. The Balaban J connectivity index is 3.02. The van der Waals surface area contributed by atoms with Gasteiger partial charge in [0.2, 0.25) is 0 Å². The average molecular weight is 311 g/mol.